The zero-order chi connectivity index (χ0) is 19.3. The van der Waals surface area contributed by atoms with E-state index in [0.29, 0.717) is 6.07 Å². The van der Waals surface area contributed by atoms with Crippen LogP contribution in [0.25, 0.3) is 0 Å². The summed E-state index contributed by atoms with van der Waals surface area (Å²) >= 11 is 0. The summed E-state index contributed by atoms with van der Waals surface area (Å²) in [4.78, 5) is -0.405. The standard InChI is InChI=1S/C17H14F4O4S/c1-2-26(23,24)14-4-3-13(12-8-17(20,21)16(22)15(12)14)25-11-6-9(18)5-10(19)7-11/h3-7,16,22H,2,8H2,1H3/t16-/m0/s1. The summed E-state index contributed by atoms with van der Waals surface area (Å²) in [5.74, 6) is -6.25. The van der Waals surface area contributed by atoms with Gasteiger partial charge in [-0.3, -0.25) is 0 Å². The molecule has 0 saturated carbocycles. The largest absolute Gasteiger partial charge is 0.457 e. The maximum atomic E-state index is 14.0. The second-order valence-corrected chi connectivity index (χ2v) is 8.15. The number of aliphatic hydroxyl groups excluding tert-OH is 1. The van der Waals surface area contributed by atoms with Crippen molar-refractivity contribution >= 4 is 9.84 Å². The number of aliphatic hydroxyl groups is 1. The molecule has 4 nitrogen and oxygen atoms in total. The second-order valence-electron chi connectivity index (χ2n) is 5.91. The highest BCUT2D eigenvalue weighted by Crippen LogP contribution is 2.49. The molecule has 1 aliphatic carbocycles. The van der Waals surface area contributed by atoms with E-state index >= 15 is 0 Å². The zero-order valence-electron chi connectivity index (χ0n) is 13.5. The van der Waals surface area contributed by atoms with Gasteiger partial charge in [-0.05, 0) is 12.1 Å². The molecule has 0 fully saturated rings. The van der Waals surface area contributed by atoms with Crippen molar-refractivity contribution in [3.63, 3.8) is 0 Å². The molecule has 1 N–H and O–H groups in total. The Labute approximate surface area is 147 Å². The van der Waals surface area contributed by atoms with Crippen LogP contribution in [0.2, 0.25) is 0 Å². The molecular formula is C17H14F4O4S. The van der Waals surface area contributed by atoms with E-state index in [-0.39, 0.29) is 22.8 Å². The van der Waals surface area contributed by atoms with Crippen molar-refractivity contribution < 1.29 is 35.8 Å². The summed E-state index contributed by atoms with van der Waals surface area (Å²) in [7, 11) is -3.88. The van der Waals surface area contributed by atoms with Crippen LogP contribution in [-0.2, 0) is 16.3 Å². The van der Waals surface area contributed by atoms with Crippen molar-refractivity contribution in [2.24, 2.45) is 0 Å². The molecule has 0 saturated heterocycles. The lowest BCUT2D eigenvalue weighted by Crippen LogP contribution is -2.22. The van der Waals surface area contributed by atoms with Crippen LogP contribution in [0.1, 0.15) is 24.2 Å². The molecular weight excluding hydrogens is 376 g/mol. The fraction of sp³-hybridized carbons (Fsp3) is 0.294. The van der Waals surface area contributed by atoms with Crippen LogP contribution in [0.3, 0.4) is 0 Å². The average Bonchev–Trinajstić information content (AvgIpc) is 2.77. The summed E-state index contributed by atoms with van der Waals surface area (Å²) in [6.45, 7) is 1.35. The number of halogens is 4. The maximum Gasteiger partial charge on any atom is 0.281 e. The van der Waals surface area contributed by atoms with Crippen molar-refractivity contribution in [1.29, 1.82) is 0 Å². The normalized spacial score (nSPS) is 18.6. The average molecular weight is 390 g/mol. The van der Waals surface area contributed by atoms with E-state index in [1.807, 2.05) is 0 Å². The molecule has 0 aromatic heterocycles. The minimum absolute atomic E-state index is 0.198. The number of hydrogen-bond donors (Lipinski definition) is 1. The highest BCUT2D eigenvalue weighted by Gasteiger charge is 2.50. The first kappa shape index (κ1) is 18.7. The van der Waals surface area contributed by atoms with Gasteiger partial charge in [-0.1, -0.05) is 6.92 Å². The molecule has 9 heteroatoms. The van der Waals surface area contributed by atoms with E-state index in [0.717, 1.165) is 24.3 Å². The molecule has 0 unspecified atom stereocenters. The molecule has 26 heavy (non-hydrogen) atoms. The first-order valence-corrected chi connectivity index (χ1v) is 9.29. The van der Waals surface area contributed by atoms with E-state index in [1.54, 1.807) is 0 Å². The van der Waals surface area contributed by atoms with Crippen LogP contribution in [-0.4, -0.2) is 25.2 Å². The lowest BCUT2D eigenvalue weighted by Gasteiger charge is -2.16. The maximum absolute atomic E-state index is 14.0. The predicted molar refractivity (Wildman–Crippen MR) is 84.2 cm³/mol. The van der Waals surface area contributed by atoms with Gasteiger partial charge in [0.25, 0.3) is 5.92 Å². The van der Waals surface area contributed by atoms with Crippen molar-refractivity contribution in [1.82, 2.24) is 0 Å². The number of fused-ring (bicyclic) bond motifs is 1. The van der Waals surface area contributed by atoms with Crippen molar-refractivity contribution in [2.75, 3.05) is 5.75 Å². The smallest absolute Gasteiger partial charge is 0.281 e. The van der Waals surface area contributed by atoms with Gasteiger partial charge in [0.1, 0.15) is 29.2 Å². The highest BCUT2D eigenvalue weighted by atomic mass is 32.2. The first-order valence-electron chi connectivity index (χ1n) is 7.63. The van der Waals surface area contributed by atoms with Gasteiger partial charge in [0.05, 0.1) is 10.6 Å². The SMILES string of the molecule is CCS(=O)(=O)c1ccc(Oc2cc(F)cc(F)c2)c2c1[C@H](O)C(F)(F)C2. The van der Waals surface area contributed by atoms with E-state index in [9.17, 15) is 31.1 Å². The van der Waals surface area contributed by atoms with Crippen LogP contribution >= 0.6 is 0 Å². The monoisotopic (exact) mass is 390 g/mol. The number of benzene rings is 2. The molecule has 0 bridgehead atoms. The van der Waals surface area contributed by atoms with Crippen LogP contribution in [0, 0.1) is 11.6 Å². The van der Waals surface area contributed by atoms with Gasteiger partial charge in [-0.25, -0.2) is 26.0 Å². The number of ether oxygens (including phenoxy) is 1. The summed E-state index contributed by atoms with van der Waals surface area (Å²) in [5.41, 5.74) is -0.645. The molecule has 0 aliphatic heterocycles. The third kappa shape index (κ3) is 3.16. The Balaban J connectivity index is 2.15. The van der Waals surface area contributed by atoms with Crippen molar-refractivity contribution in [2.45, 2.75) is 30.3 Å². The van der Waals surface area contributed by atoms with Crippen LogP contribution in [0.15, 0.2) is 35.2 Å². The Hall–Kier alpha value is -2.13. The second kappa shape index (κ2) is 6.24. The highest BCUT2D eigenvalue weighted by molar-refractivity contribution is 7.91. The molecule has 1 aliphatic rings. The Bertz CT molecular complexity index is 953. The third-order valence-electron chi connectivity index (χ3n) is 4.14. The van der Waals surface area contributed by atoms with Gasteiger partial charge in [-0.15, -0.1) is 0 Å². The molecule has 1 atom stereocenters. The summed E-state index contributed by atoms with van der Waals surface area (Å²) in [5, 5.41) is 9.94. The molecule has 2 aromatic rings. The Morgan fingerprint density at radius 1 is 1.19 bits per heavy atom. The fourth-order valence-corrected chi connectivity index (χ4v) is 4.04. The van der Waals surface area contributed by atoms with Gasteiger partial charge in [0, 0.05) is 35.7 Å². The van der Waals surface area contributed by atoms with Gasteiger partial charge in [-0.2, -0.15) is 0 Å². The Morgan fingerprint density at radius 2 is 1.81 bits per heavy atom. The molecule has 0 heterocycles. The van der Waals surface area contributed by atoms with Gasteiger partial charge >= 0.3 is 0 Å². The number of rotatable bonds is 4. The minimum Gasteiger partial charge on any atom is -0.457 e. The molecule has 140 valence electrons. The zero-order valence-corrected chi connectivity index (χ0v) is 14.3. The summed E-state index contributed by atoms with van der Waals surface area (Å²) in [6.07, 6.45) is -3.27. The molecule has 0 spiro atoms. The number of alkyl halides is 2. The Morgan fingerprint density at radius 3 is 2.38 bits per heavy atom. The van der Waals surface area contributed by atoms with E-state index < -0.39 is 50.4 Å². The molecule has 0 radical (unpaired) electrons. The first-order chi connectivity index (χ1) is 12.0. The summed E-state index contributed by atoms with van der Waals surface area (Å²) < 4.78 is 84.3. The van der Waals surface area contributed by atoms with Crippen LogP contribution in [0.4, 0.5) is 17.6 Å². The molecule has 0 amide bonds. The van der Waals surface area contributed by atoms with Crippen molar-refractivity contribution in [3.05, 3.63) is 53.1 Å². The van der Waals surface area contributed by atoms with Crippen molar-refractivity contribution in [3.8, 4) is 11.5 Å². The van der Waals surface area contributed by atoms with Gasteiger partial charge in [0.2, 0.25) is 0 Å². The lowest BCUT2D eigenvalue weighted by atomic mass is 10.1. The van der Waals surface area contributed by atoms with Gasteiger partial charge < -0.3 is 9.84 Å². The van der Waals surface area contributed by atoms with E-state index in [2.05, 4.69) is 0 Å². The van der Waals surface area contributed by atoms with Crippen LogP contribution in [0.5, 0.6) is 11.5 Å². The van der Waals surface area contributed by atoms with E-state index in [1.165, 1.54) is 6.92 Å². The topological polar surface area (TPSA) is 63.6 Å². The minimum atomic E-state index is -3.88. The number of sulfone groups is 1. The fourth-order valence-electron chi connectivity index (χ4n) is 2.89. The van der Waals surface area contributed by atoms with E-state index in [4.69, 9.17) is 4.74 Å². The summed E-state index contributed by atoms with van der Waals surface area (Å²) in [6, 6.07) is 4.52. The third-order valence-corrected chi connectivity index (χ3v) is 5.93. The molecule has 2 aromatic carbocycles. The Kier molecular flexibility index (Phi) is 4.48. The quantitative estimate of drug-likeness (QED) is 0.808. The lowest BCUT2D eigenvalue weighted by molar-refractivity contribution is -0.0976. The number of hydrogen-bond acceptors (Lipinski definition) is 4. The van der Waals surface area contributed by atoms with Gasteiger partial charge in [0.15, 0.2) is 9.84 Å². The predicted octanol–water partition coefficient (Wildman–Crippen LogP) is 3.78. The van der Waals surface area contributed by atoms with Crippen LogP contribution < -0.4 is 4.74 Å². The molecule has 3 rings (SSSR count).